The lowest BCUT2D eigenvalue weighted by Gasteiger charge is -2.26. The second-order valence-electron chi connectivity index (χ2n) is 9.46. The fourth-order valence-corrected chi connectivity index (χ4v) is 3.49. The van der Waals surface area contributed by atoms with Crippen LogP contribution in [-0.4, -0.2) is 18.2 Å². The molecule has 0 bridgehead atoms. The second-order valence-corrected chi connectivity index (χ2v) is 9.46. The molecule has 6 nitrogen and oxygen atoms in total. The summed E-state index contributed by atoms with van der Waals surface area (Å²) < 4.78 is 87.3. The van der Waals surface area contributed by atoms with E-state index in [0.717, 1.165) is 35.9 Å². The van der Waals surface area contributed by atoms with Gasteiger partial charge in [-0.2, -0.15) is 13.2 Å². The number of alkyl halides is 6. The molecule has 39 heavy (non-hydrogen) atoms. The van der Waals surface area contributed by atoms with Crippen molar-refractivity contribution in [3.8, 4) is 17.2 Å². The van der Waals surface area contributed by atoms with Crippen LogP contribution in [0.1, 0.15) is 37.5 Å². The molecule has 0 atom stereocenters. The summed E-state index contributed by atoms with van der Waals surface area (Å²) in [6, 6.07) is 12.8. The van der Waals surface area contributed by atoms with Gasteiger partial charge in [0.05, 0.1) is 12.1 Å². The maximum absolute atomic E-state index is 13.7. The van der Waals surface area contributed by atoms with Crippen LogP contribution >= 0.6 is 0 Å². The van der Waals surface area contributed by atoms with Gasteiger partial charge in [-0.05, 0) is 52.9 Å². The number of amides is 1. The van der Waals surface area contributed by atoms with Crippen LogP contribution in [0.25, 0.3) is 0 Å². The fourth-order valence-electron chi connectivity index (χ4n) is 3.49. The van der Waals surface area contributed by atoms with E-state index in [1.54, 1.807) is 24.3 Å². The van der Waals surface area contributed by atoms with E-state index >= 15 is 0 Å². The summed E-state index contributed by atoms with van der Waals surface area (Å²) in [6.45, 7) is 5.50. The molecule has 0 aliphatic carbocycles. The van der Waals surface area contributed by atoms with Crippen LogP contribution in [0.15, 0.2) is 66.7 Å². The lowest BCUT2D eigenvalue weighted by molar-refractivity contribution is -0.300. The molecule has 0 radical (unpaired) electrons. The van der Waals surface area contributed by atoms with Gasteiger partial charge >= 0.3 is 12.5 Å². The van der Waals surface area contributed by atoms with E-state index < -0.39 is 53.7 Å². The van der Waals surface area contributed by atoms with Crippen LogP contribution < -0.4 is 19.5 Å². The molecule has 3 rings (SSSR count). The number of carbonyl (C=O) groups excluding carboxylic acids is 2. The molecule has 0 aliphatic rings. The molecule has 3 aromatic rings. The van der Waals surface area contributed by atoms with Crippen LogP contribution in [0.4, 0.5) is 32.0 Å². The zero-order valence-electron chi connectivity index (χ0n) is 20.8. The molecule has 0 aromatic heterocycles. The molecular formula is C27H22F6NO5-. The maximum atomic E-state index is 13.7. The van der Waals surface area contributed by atoms with E-state index in [1.807, 2.05) is 20.8 Å². The predicted molar refractivity (Wildman–Crippen MR) is 126 cm³/mol. The zero-order valence-corrected chi connectivity index (χ0v) is 20.8. The molecule has 0 saturated carbocycles. The Kier molecular flexibility index (Phi) is 8.18. The fraction of sp³-hybridized carbons (Fsp3) is 0.259. The standard InChI is InChI=1S/C27H23F6NO5/c1-25(2,3)17-6-4-16(5-7-17)15-34(23(35)24(36)37)19-12-18(26(28,29)30)13-22(14-19)38-20-8-10-21(11-9-20)39-27(31,32)33/h4-14H,15H2,1-3H3,(H,36,37)/p-1. The number of aliphatic carboxylic acids is 1. The van der Waals surface area contributed by atoms with Crippen molar-refractivity contribution < 1.29 is 50.5 Å². The van der Waals surface area contributed by atoms with Crippen LogP contribution in [0.2, 0.25) is 0 Å². The normalized spacial score (nSPS) is 12.1. The van der Waals surface area contributed by atoms with E-state index in [4.69, 9.17) is 4.74 Å². The monoisotopic (exact) mass is 554 g/mol. The van der Waals surface area contributed by atoms with Crippen molar-refractivity contribution in [1.82, 2.24) is 0 Å². The van der Waals surface area contributed by atoms with Crippen LogP contribution in [0.5, 0.6) is 17.2 Å². The number of carboxylic acids is 1. The Hall–Kier alpha value is -4.22. The molecule has 0 unspecified atom stereocenters. The largest absolute Gasteiger partial charge is 0.573 e. The first-order valence-electron chi connectivity index (χ1n) is 11.3. The van der Waals surface area contributed by atoms with Gasteiger partial charge in [0.1, 0.15) is 23.2 Å². The van der Waals surface area contributed by atoms with Crippen LogP contribution in [0, 0.1) is 0 Å². The summed E-state index contributed by atoms with van der Waals surface area (Å²) in [5.74, 6) is -4.91. The van der Waals surface area contributed by atoms with Gasteiger partial charge in [0, 0.05) is 11.8 Å². The SMILES string of the molecule is CC(C)(C)c1ccc(CN(C(=O)C(=O)[O-])c2cc(Oc3ccc(OC(F)(F)F)cc3)cc(C(F)(F)F)c2)cc1. The van der Waals surface area contributed by atoms with Gasteiger partial charge in [0.15, 0.2) is 0 Å². The summed E-state index contributed by atoms with van der Waals surface area (Å²) in [5, 5.41) is 11.4. The minimum absolute atomic E-state index is 0.148. The number of halogens is 6. The highest BCUT2D eigenvalue weighted by atomic mass is 19.4. The molecule has 0 spiro atoms. The van der Waals surface area contributed by atoms with Gasteiger partial charge in [-0.1, -0.05) is 45.0 Å². The van der Waals surface area contributed by atoms with Crippen molar-refractivity contribution in [2.45, 2.75) is 45.3 Å². The van der Waals surface area contributed by atoms with Gasteiger partial charge in [0.2, 0.25) is 0 Å². The average Bonchev–Trinajstić information content (AvgIpc) is 2.81. The van der Waals surface area contributed by atoms with E-state index in [9.17, 15) is 41.0 Å². The number of benzene rings is 3. The van der Waals surface area contributed by atoms with Crippen LogP contribution in [-0.2, 0) is 27.7 Å². The lowest BCUT2D eigenvalue weighted by Crippen LogP contribution is -2.44. The number of anilines is 1. The second kappa shape index (κ2) is 10.9. The van der Waals surface area contributed by atoms with Crippen molar-refractivity contribution in [3.05, 3.63) is 83.4 Å². The van der Waals surface area contributed by atoms with E-state index in [-0.39, 0.29) is 11.2 Å². The minimum atomic E-state index is -4.94. The molecule has 0 fully saturated rings. The molecule has 0 N–H and O–H groups in total. The van der Waals surface area contributed by atoms with Crippen molar-refractivity contribution in [2.75, 3.05) is 4.90 Å². The molecule has 0 aliphatic heterocycles. The molecule has 1 amide bonds. The first kappa shape index (κ1) is 29.3. The number of hydrogen-bond donors (Lipinski definition) is 0. The van der Waals surface area contributed by atoms with Crippen molar-refractivity contribution in [1.29, 1.82) is 0 Å². The van der Waals surface area contributed by atoms with Crippen LogP contribution in [0.3, 0.4) is 0 Å². The highest BCUT2D eigenvalue weighted by molar-refractivity contribution is 6.36. The third kappa shape index (κ3) is 8.13. The Labute approximate surface area is 219 Å². The van der Waals surface area contributed by atoms with E-state index in [2.05, 4.69) is 4.74 Å². The number of hydrogen-bond acceptors (Lipinski definition) is 5. The Morgan fingerprint density at radius 1 is 0.769 bits per heavy atom. The first-order chi connectivity index (χ1) is 17.9. The predicted octanol–water partition coefficient (Wildman–Crippen LogP) is 5.98. The lowest BCUT2D eigenvalue weighted by atomic mass is 9.87. The minimum Gasteiger partial charge on any atom is -0.540 e. The topological polar surface area (TPSA) is 78.9 Å². The number of ether oxygens (including phenoxy) is 2. The Morgan fingerprint density at radius 3 is 1.82 bits per heavy atom. The zero-order chi connectivity index (χ0) is 29.2. The summed E-state index contributed by atoms with van der Waals surface area (Å²) in [6.07, 6.45) is -9.86. The smallest absolute Gasteiger partial charge is 0.540 e. The summed E-state index contributed by atoms with van der Waals surface area (Å²) in [5.41, 5.74) is -0.552. The Morgan fingerprint density at radius 2 is 1.33 bits per heavy atom. The van der Waals surface area contributed by atoms with Gasteiger partial charge in [-0.15, -0.1) is 13.2 Å². The van der Waals surface area contributed by atoms with Gasteiger partial charge in [-0.3, -0.25) is 4.79 Å². The average molecular weight is 554 g/mol. The maximum Gasteiger partial charge on any atom is 0.573 e. The Bertz CT molecular complexity index is 1330. The van der Waals surface area contributed by atoms with E-state index in [1.165, 1.54) is 0 Å². The van der Waals surface area contributed by atoms with E-state index in [0.29, 0.717) is 22.6 Å². The van der Waals surface area contributed by atoms with Crippen molar-refractivity contribution in [3.63, 3.8) is 0 Å². The molecule has 208 valence electrons. The third-order valence-electron chi connectivity index (χ3n) is 5.40. The van der Waals surface area contributed by atoms with Gasteiger partial charge < -0.3 is 24.3 Å². The van der Waals surface area contributed by atoms with Crippen molar-refractivity contribution >= 4 is 17.6 Å². The quantitative estimate of drug-likeness (QED) is 0.277. The highest BCUT2D eigenvalue weighted by Crippen LogP contribution is 2.37. The summed E-state index contributed by atoms with van der Waals surface area (Å²) in [7, 11) is 0. The molecule has 12 heteroatoms. The number of rotatable bonds is 6. The molecule has 0 heterocycles. The third-order valence-corrected chi connectivity index (χ3v) is 5.40. The summed E-state index contributed by atoms with van der Waals surface area (Å²) >= 11 is 0. The molecule has 3 aromatic carbocycles. The number of carbonyl (C=O) groups is 2. The molecular weight excluding hydrogens is 532 g/mol. The Balaban J connectivity index is 2.00. The highest BCUT2D eigenvalue weighted by Gasteiger charge is 2.33. The van der Waals surface area contributed by atoms with Crippen molar-refractivity contribution in [2.24, 2.45) is 0 Å². The number of carboxylic acid groups (broad SMARTS) is 1. The number of nitrogens with zero attached hydrogens (tertiary/aromatic N) is 1. The van der Waals surface area contributed by atoms with Gasteiger partial charge in [-0.25, -0.2) is 0 Å². The summed E-state index contributed by atoms with van der Waals surface area (Å²) in [4.78, 5) is 24.5. The molecule has 0 saturated heterocycles. The van der Waals surface area contributed by atoms with Gasteiger partial charge in [0.25, 0.3) is 5.91 Å². The first-order valence-corrected chi connectivity index (χ1v) is 11.3.